The highest BCUT2D eigenvalue weighted by Gasteiger charge is 2.46. The quantitative estimate of drug-likeness (QED) is 0.0453. The normalized spacial score (nSPS) is 23.8. The number of hydrogen-bond donors (Lipinski definition) is 8. The molecule has 3 aliphatic heterocycles. The molecule has 2 amide bonds. The topological polar surface area (TPSA) is 212 Å². The molecular formula is C62H62F2N2O11S2. The first-order chi connectivity index (χ1) is 38.1. The van der Waals surface area contributed by atoms with E-state index >= 15 is 0 Å². The van der Waals surface area contributed by atoms with Crippen LogP contribution in [0.2, 0.25) is 0 Å². The third kappa shape index (κ3) is 13.2. The van der Waals surface area contributed by atoms with Gasteiger partial charge in [-0.1, -0.05) is 132 Å². The largest absolute Gasteiger partial charge is 0.508 e. The lowest BCUT2D eigenvalue weighted by molar-refractivity contribution is -0.231. The van der Waals surface area contributed by atoms with E-state index in [1.807, 2.05) is 73.7 Å². The van der Waals surface area contributed by atoms with E-state index < -0.39 is 55.4 Å². The van der Waals surface area contributed by atoms with E-state index in [-0.39, 0.29) is 50.2 Å². The number of aryl methyl sites for hydroxylation is 1. The summed E-state index contributed by atoms with van der Waals surface area (Å²) in [6.45, 7) is 1.49. The molecule has 0 aromatic heterocycles. The number of rotatable bonds is 16. The molecule has 0 spiro atoms. The fraction of sp³-hybridized carbons (Fsp3) is 0.290. The average Bonchev–Trinajstić information content (AvgIpc) is 4.10. The van der Waals surface area contributed by atoms with Gasteiger partial charge in [-0.05, 0) is 139 Å². The highest BCUT2D eigenvalue weighted by atomic mass is 32.2. The summed E-state index contributed by atoms with van der Waals surface area (Å²) < 4.78 is 32.5. The molecule has 8 N–H and O–H groups in total. The monoisotopic (exact) mass is 1110 g/mol. The zero-order valence-electron chi connectivity index (χ0n) is 43.0. The van der Waals surface area contributed by atoms with E-state index in [1.54, 1.807) is 88.7 Å². The summed E-state index contributed by atoms with van der Waals surface area (Å²) in [5, 5.41) is 82.3. The lowest BCUT2D eigenvalue weighted by Gasteiger charge is -2.40. The average molecular weight is 1110 g/mol. The highest BCUT2D eigenvalue weighted by molar-refractivity contribution is 8.15. The molecule has 412 valence electrons. The third-order valence-corrected chi connectivity index (χ3v) is 17.1. The van der Waals surface area contributed by atoms with Gasteiger partial charge >= 0.3 is 0 Å². The second-order valence-corrected chi connectivity index (χ2v) is 22.4. The summed E-state index contributed by atoms with van der Waals surface area (Å²) in [4.78, 5) is 29.8. The third-order valence-electron chi connectivity index (χ3n) is 14.8. The van der Waals surface area contributed by atoms with E-state index in [0.29, 0.717) is 65.7 Å². The van der Waals surface area contributed by atoms with Crippen molar-refractivity contribution < 1.29 is 64.0 Å². The molecule has 0 bridgehead atoms. The Labute approximate surface area is 465 Å². The van der Waals surface area contributed by atoms with Crippen LogP contribution in [-0.2, 0) is 4.74 Å². The van der Waals surface area contributed by atoms with Crippen LogP contribution in [0.4, 0.5) is 29.7 Å². The number of phenols is 2. The summed E-state index contributed by atoms with van der Waals surface area (Å²) in [6.07, 6.45) is -4.92. The molecule has 3 unspecified atom stereocenters. The van der Waals surface area contributed by atoms with Crippen molar-refractivity contribution in [1.82, 2.24) is 0 Å². The molecule has 11 atom stereocenters. The summed E-state index contributed by atoms with van der Waals surface area (Å²) in [5.41, 5.74) is 7.43. The van der Waals surface area contributed by atoms with Crippen LogP contribution in [0.15, 0.2) is 170 Å². The molecule has 7 aromatic carbocycles. The zero-order valence-corrected chi connectivity index (χ0v) is 44.7. The van der Waals surface area contributed by atoms with Crippen molar-refractivity contribution in [2.24, 2.45) is 0 Å². The SMILES string of the molecule is Cc1ccc(C(O)CCC2SC(=O)N(c3ccc(F)cc3)C2c2ccc(O)cc2)cc1.O=C1S[C@H](CCC[C@@H](O)c2ccc(F)cc2)[C@@H](c2ccc(-c3ccc([C@@H]4O[C@H](CO)[C@@H](O)[C@H](O)[C@H]4O)cc3)cc2O)N1c1ccccc1. The van der Waals surface area contributed by atoms with Gasteiger partial charge in [0.25, 0.3) is 10.5 Å². The Balaban J connectivity index is 0.000000210. The first-order valence-electron chi connectivity index (χ1n) is 26.1. The molecule has 0 saturated carbocycles. The van der Waals surface area contributed by atoms with Gasteiger partial charge in [0.15, 0.2) is 0 Å². The van der Waals surface area contributed by atoms with E-state index in [0.717, 1.165) is 22.3 Å². The smallest absolute Gasteiger partial charge is 0.287 e. The molecule has 7 aromatic rings. The predicted octanol–water partition coefficient (Wildman–Crippen LogP) is 11.5. The number of para-hydroxylation sites is 1. The number of phenolic OH excluding ortho intramolecular Hbond substituents is 2. The number of aliphatic hydroxyl groups is 6. The fourth-order valence-electron chi connectivity index (χ4n) is 10.4. The Bertz CT molecular complexity index is 3140. The second-order valence-electron chi connectivity index (χ2n) is 20.0. The number of ether oxygens (including phenoxy) is 1. The zero-order chi connectivity index (χ0) is 55.9. The molecule has 17 heteroatoms. The van der Waals surface area contributed by atoms with Crippen molar-refractivity contribution >= 4 is 45.4 Å². The minimum absolute atomic E-state index is 0.0167. The number of carbonyl (C=O) groups is 2. The molecule has 3 aliphatic rings. The van der Waals surface area contributed by atoms with Crippen LogP contribution in [0.1, 0.15) is 95.9 Å². The molecule has 79 heavy (non-hydrogen) atoms. The van der Waals surface area contributed by atoms with Crippen LogP contribution in [0, 0.1) is 18.6 Å². The van der Waals surface area contributed by atoms with Crippen molar-refractivity contribution in [2.45, 2.75) is 104 Å². The maximum Gasteiger partial charge on any atom is 0.287 e. The molecular weight excluding hydrogens is 1050 g/mol. The van der Waals surface area contributed by atoms with Gasteiger partial charge in [-0.2, -0.15) is 0 Å². The Morgan fingerprint density at radius 2 is 1.10 bits per heavy atom. The van der Waals surface area contributed by atoms with E-state index in [1.165, 1.54) is 47.8 Å². The minimum atomic E-state index is -1.48. The van der Waals surface area contributed by atoms with Crippen LogP contribution >= 0.6 is 23.5 Å². The first-order valence-corrected chi connectivity index (χ1v) is 27.9. The number of nitrogens with zero attached hydrogens (tertiary/aromatic N) is 2. The van der Waals surface area contributed by atoms with Gasteiger partial charge in [-0.25, -0.2) is 8.78 Å². The number of aromatic hydroxyl groups is 2. The number of hydrogen-bond acceptors (Lipinski definition) is 13. The highest BCUT2D eigenvalue weighted by Crippen LogP contribution is 2.50. The van der Waals surface area contributed by atoms with Gasteiger partial charge in [-0.3, -0.25) is 19.4 Å². The molecule has 0 aliphatic carbocycles. The Morgan fingerprint density at radius 3 is 1.71 bits per heavy atom. The van der Waals surface area contributed by atoms with Crippen LogP contribution in [-0.4, -0.2) is 92.9 Å². The van der Waals surface area contributed by atoms with E-state index in [9.17, 15) is 59.2 Å². The minimum Gasteiger partial charge on any atom is -0.508 e. The molecule has 10 rings (SSSR count). The van der Waals surface area contributed by atoms with Gasteiger partial charge < -0.3 is 45.6 Å². The van der Waals surface area contributed by atoms with Crippen molar-refractivity contribution in [3.63, 3.8) is 0 Å². The number of halogens is 2. The number of amides is 2. The van der Waals surface area contributed by atoms with Crippen LogP contribution in [0.5, 0.6) is 11.5 Å². The van der Waals surface area contributed by atoms with Gasteiger partial charge in [0.2, 0.25) is 0 Å². The standard InChI is InChI=1S/C37H38FNO8S.C25H24FNO3S/c38-25-16-13-22(14-17-25)28(41)7-4-8-31-32(39(37(46)48-31)26-5-2-1-3-6-26)27-18-15-24(19-29(27)42)21-9-11-23(12-10-21)36-35(45)34(44)33(43)30(20-40)47-36;1-16-2-4-17(5-3-16)22(29)14-15-23-24(18-6-12-21(28)13-7-18)27(25(30)31-23)20-10-8-19(26)9-11-20/h1-3,5-6,9-19,28,30-36,40-45H,4,7-8,20H2;2-13,22-24,28-29H,14-15H2,1H3/t28-,30-,31-,32-,33-,34+,35-,36+;/m1./s1. The van der Waals surface area contributed by atoms with E-state index in [4.69, 9.17) is 4.74 Å². The van der Waals surface area contributed by atoms with Gasteiger partial charge in [0.05, 0.1) is 30.9 Å². The Morgan fingerprint density at radius 1 is 0.570 bits per heavy atom. The Kier molecular flexibility index (Phi) is 18.5. The van der Waals surface area contributed by atoms with Crippen LogP contribution in [0.3, 0.4) is 0 Å². The van der Waals surface area contributed by atoms with Crippen molar-refractivity contribution in [2.75, 3.05) is 16.4 Å². The molecule has 3 fully saturated rings. The van der Waals surface area contributed by atoms with Crippen molar-refractivity contribution in [3.05, 3.63) is 215 Å². The maximum absolute atomic E-state index is 13.4. The molecule has 3 saturated heterocycles. The lowest BCUT2D eigenvalue weighted by Crippen LogP contribution is -2.55. The summed E-state index contributed by atoms with van der Waals surface area (Å²) in [5.74, 6) is -0.558. The summed E-state index contributed by atoms with van der Waals surface area (Å²) in [7, 11) is 0. The molecule has 13 nitrogen and oxygen atoms in total. The number of aliphatic hydroxyl groups excluding tert-OH is 6. The van der Waals surface area contributed by atoms with Gasteiger partial charge in [0.1, 0.15) is 53.7 Å². The first kappa shape index (κ1) is 57.1. The summed E-state index contributed by atoms with van der Waals surface area (Å²) in [6, 6.07) is 47.1. The second kappa shape index (κ2) is 25.6. The maximum atomic E-state index is 13.4. The summed E-state index contributed by atoms with van der Waals surface area (Å²) >= 11 is 2.45. The van der Waals surface area contributed by atoms with Gasteiger partial charge in [-0.15, -0.1) is 0 Å². The molecule has 0 radical (unpaired) electrons. The van der Waals surface area contributed by atoms with E-state index in [2.05, 4.69) is 0 Å². The number of thioether (sulfide) groups is 2. The predicted molar refractivity (Wildman–Crippen MR) is 302 cm³/mol. The van der Waals surface area contributed by atoms with Gasteiger partial charge in [0, 0.05) is 27.4 Å². The van der Waals surface area contributed by atoms with Crippen molar-refractivity contribution in [1.29, 1.82) is 0 Å². The van der Waals surface area contributed by atoms with Crippen LogP contribution < -0.4 is 9.80 Å². The lowest BCUT2D eigenvalue weighted by atomic mass is 9.90. The number of carbonyl (C=O) groups excluding carboxylic acids is 2. The number of anilines is 2. The Hall–Kier alpha value is -6.64. The molecule has 3 heterocycles. The van der Waals surface area contributed by atoms with Crippen molar-refractivity contribution in [3.8, 4) is 22.6 Å². The number of benzene rings is 7. The fourth-order valence-corrected chi connectivity index (χ4v) is 13.0. The van der Waals surface area contributed by atoms with Crippen LogP contribution in [0.25, 0.3) is 11.1 Å².